The number of rotatable bonds is 6. The van der Waals surface area contributed by atoms with Gasteiger partial charge in [-0.15, -0.1) is 0 Å². The van der Waals surface area contributed by atoms with E-state index in [1.54, 1.807) is 19.2 Å². The first-order valence-electron chi connectivity index (χ1n) is 6.61. The third-order valence-electron chi connectivity index (χ3n) is 3.11. The smallest absolute Gasteiger partial charge is 0.173 e. The minimum atomic E-state index is -2.87. The van der Waals surface area contributed by atoms with Crippen molar-refractivity contribution in [1.82, 2.24) is 0 Å². The van der Waals surface area contributed by atoms with Crippen LogP contribution < -0.4 is 4.74 Å². The van der Waals surface area contributed by atoms with Gasteiger partial charge in [0.05, 0.1) is 18.6 Å². The standard InChI is InChI=1S/C16H18O3S2/c1-13-7-9-15(10-8-13)21(17,20)19-12-11-14-5-3-4-6-16(14)18-2/h3-10H,11-12H2,1-2H3. The molecule has 3 nitrogen and oxygen atoms in total. The number of hydrogen-bond acceptors (Lipinski definition) is 4. The number of benzene rings is 2. The van der Waals surface area contributed by atoms with E-state index in [-0.39, 0.29) is 6.61 Å². The Morgan fingerprint density at radius 1 is 1.10 bits per heavy atom. The maximum Gasteiger partial charge on any atom is 0.173 e. The maximum absolute atomic E-state index is 12.4. The van der Waals surface area contributed by atoms with Gasteiger partial charge < -0.3 is 4.74 Å². The summed E-state index contributed by atoms with van der Waals surface area (Å²) in [6.45, 7) is 2.26. The minimum absolute atomic E-state index is 0.288. The van der Waals surface area contributed by atoms with Crippen molar-refractivity contribution in [1.29, 1.82) is 0 Å². The summed E-state index contributed by atoms with van der Waals surface area (Å²) in [5.41, 5.74) is 2.10. The molecular weight excluding hydrogens is 304 g/mol. The molecule has 1 unspecified atom stereocenters. The largest absolute Gasteiger partial charge is 0.496 e. The summed E-state index contributed by atoms with van der Waals surface area (Å²) < 4.78 is 23.1. The molecule has 0 aromatic heterocycles. The van der Waals surface area contributed by atoms with Gasteiger partial charge >= 0.3 is 0 Å². The van der Waals surface area contributed by atoms with E-state index in [4.69, 9.17) is 20.1 Å². The molecule has 0 aliphatic carbocycles. The van der Waals surface area contributed by atoms with Crippen molar-refractivity contribution in [2.45, 2.75) is 18.2 Å². The van der Waals surface area contributed by atoms with Crippen LogP contribution in [0.2, 0.25) is 0 Å². The van der Waals surface area contributed by atoms with Crippen LogP contribution in [-0.2, 0) is 30.6 Å². The van der Waals surface area contributed by atoms with E-state index in [9.17, 15) is 4.21 Å². The predicted octanol–water partition coefficient (Wildman–Crippen LogP) is 3.28. The van der Waals surface area contributed by atoms with Crippen LogP contribution in [0.15, 0.2) is 53.4 Å². The summed E-state index contributed by atoms with van der Waals surface area (Å²) >= 11 is 5.10. The van der Waals surface area contributed by atoms with Crippen molar-refractivity contribution in [3.63, 3.8) is 0 Å². The summed E-state index contributed by atoms with van der Waals surface area (Å²) in [5.74, 6) is 0.798. The Balaban J connectivity index is 2.01. The number of ether oxygens (including phenoxy) is 1. The van der Waals surface area contributed by atoms with E-state index in [0.29, 0.717) is 11.3 Å². The molecular formula is C16H18O3S2. The fourth-order valence-corrected chi connectivity index (χ4v) is 3.39. The number of aryl methyl sites for hydroxylation is 1. The van der Waals surface area contributed by atoms with E-state index >= 15 is 0 Å². The second-order valence-corrected chi connectivity index (χ2v) is 7.58. The van der Waals surface area contributed by atoms with Gasteiger partial charge in [0.2, 0.25) is 0 Å². The fourth-order valence-electron chi connectivity index (χ4n) is 1.94. The average Bonchev–Trinajstić information content (AvgIpc) is 2.48. The molecule has 2 rings (SSSR count). The lowest BCUT2D eigenvalue weighted by Gasteiger charge is -2.10. The summed E-state index contributed by atoms with van der Waals surface area (Å²) in [7, 11) is -1.25. The molecule has 0 fully saturated rings. The lowest BCUT2D eigenvalue weighted by atomic mass is 10.1. The van der Waals surface area contributed by atoms with Crippen LogP contribution in [0.1, 0.15) is 11.1 Å². The maximum atomic E-state index is 12.4. The first kappa shape index (κ1) is 15.9. The Labute approximate surface area is 130 Å². The highest BCUT2D eigenvalue weighted by atomic mass is 32.8. The first-order valence-corrected chi connectivity index (χ1v) is 9.02. The Hall–Kier alpha value is -1.43. The second-order valence-electron chi connectivity index (χ2n) is 4.65. The van der Waals surface area contributed by atoms with Crippen LogP contribution >= 0.6 is 0 Å². The normalized spacial score (nSPS) is 13.6. The van der Waals surface area contributed by atoms with Crippen molar-refractivity contribution in [3.8, 4) is 5.75 Å². The molecule has 0 saturated heterocycles. The Morgan fingerprint density at radius 3 is 2.43 bits per heavy atom. The molecule has 2 aromatic carbocycles. The predicted molar refractivity (Wildman–Crippen MR) is 87.6 cm³/mol. The molecule has 0 radical (unpaired) electrons. The van der Waals surface area contributed by atoms with Crippen LogP contribution in [0, 0.1) is 6.92 Å². The molecule has 5 heteroatoms. The Bertz CT molecular complexity index is 692. The zero-order valence-corrected chi connectivity index (χ0v) is 13.7. The van der Waals surface area contributed by atoms with Gasteiger partial charge in [0.25, 0.3) is 0 Å². The summed E-state index contributed by atoms with van der Waals surface area (Å²) in [5, 5.41) is 0. The summed E-state index contributed by atoms with van der Waals surface area (Å²) in [6.07, 6.45) is 0.601. The van der Waals surface area contributed by atoms with Crippen molar-refractivity contribution in [2.75, 3.05) is 13.7 Å². The van der Waals surface area contributed by atoms with E-state index in [1.807, 2.05) is 43.3 Å². The zero-order chi connectivity index (χ0) is 15.3. The van der Waals surface area contributed by atoms with Crippen LogP contribution in [0.5, 0.6) is 5.75 Å². The number of hydrogen-bond donors (Lipinski definition) is 0. The second kappa shape index (κ2) is 7.02. The molecule has 0 aliphatic heterocycles. The van der Waals surface area contributed by atoms with Gasteiger partial charge in [0, 0.05) is 17.6 Å². The van der Waals surface area contributed by atoms with Crippen LogP contribution in [0.3, 0.4) is 0 Å². The van der Waals surface area contributed by atoms with Crippen LogP contribution in [0.25, 0.3) is 0 Å². The molecule has 0 amide bonds. The van der Waals surface area contributed by atoms with Crippen molar-refractivity contribution < 1.29 is 13.1 Å². The van der Waals surface area contributed by atoms with Gasteiger partial charge in [-0.3, -0.25) is 4.18 Å². The molecule has 0 spiro atoms. The molecule has 0 aliphatic rings. The highest BCUT2D eigenvalue weighted by Crippen LogP contribution is 2.19. The third kappa shape index (κ3) is 4.27. The first-order chi connectivity index (χ1) is 10.0. The molecule has 2 aromatic rings. The van der Waals surface area contributed by atoms with Crippen molar-refractivity contribution in [3.05, 3.63) is 59.7 Å². The molecule has 0 N–H and O–H groups in total. The minimum Gasteiger partial charge on any atom is -0.496 e. The van der Waals surface area contributed by atoms with Gasteiger partial charge in [-0.2, -0.15) is 0 Å². The van der Waals surface area contributed by atoms with Gasteiger partial charge in [-0.25, -0.2) is 4.21 Å². The lowest BCUT2D eigenvalue weighted by molar-refractivity contribution is 0.345. The van der Waals surface area contributed by atoms with Crippen LogP contribution in [0.4, 0.5) is 0 Å². The van der Waals surface area contributed by atoms with Gasteiger partial charge in [0.15, 0.2) is 8.77 Å². The summed E-state index contributed by atoms with van der Waals surface area (Å²) in [6, 6.07) is 15.0. The molecule has 112 valence electrons. The van der Waals surface area contributed by atoms with Crippen molar-refractivity contribution >= 4 is 20.0 Å². The topological polar surface area (TPSA) is 35.5 Å². The monoisotopic (exact) mass is 322 g/mol. The lowest BCUT2D eigenvalue weighted by Crippen LogP contribution is -2.08. The third-order valence-corrected chi connectivity index (χ3v) is 5.30. The van der Waals surface area contributed by atoms with E-state index in [0.717, 1.165) is 16.9 Å². The van der Waals surface area contributed by atoms with E-state index < -0.39 is 8.77 Å². The molecule has 0 heterocycles. The van der Waals surface area contributed by atoms with Gasteiger partial charge in [-0.05, 0) is 30.7 Å². The molecule has 1 atom stereocenters. The number of para-hydroxylation sites is 1. The van der Waals surface area contributed by atoms with Gasteiger partial charge in [-0.1, -0.05) is 35.9 Å². The van der Waals surface area contributed by atoms with E-state index in [1.165, 1.54) is 0 Å². The van der Waals surface area contributed by atoms with Crippen molar-refractivity contribution in [2.24, 2.45) is 0 Å². The number of methoxy groups -OCH3 is 1. The quantitative estimate of drug-likeness (QED) is 0.817. The highest BCUT2D eigenvalue weighted by molar-refractivity contribution is 8.30. The Kier molecular flexibility index (Phi) is 5.33. The molecule has 0 bridgehead atoms. The fraction of sp³-hybridized carbons (Fsp3) is 0.250. The molecule has 0 saturated carbocycles. The SMILES string of the molecule is COc1ccccc1CCOS(=O)(=S)c1ccc(C)cc1. The highest BCUT2D eigenvalue weighted by Gasteiger charge is 2.11. The summed E-state index contributed by atoms with van der Waals surface area (Å²) in [4.78, 5) is 0.545. The van der Waals surface area contributed by atoms with E-state index in [2.05, 4.69) is 0 Å². The van der Waals surface area contributed by atoms with Gasteiger partial charge in [0.1, 0.15) is 5.75 Å². The Morgan fingerprint density at radius 2 is 1.76 bits per heavy atom. The molecule has 21 heavy (non-hydrogen) atoms. The van der Waals surface area contributed by atoms with Crippen LogP contribution in [-0.4, -0.2) is 17.9 Å². The average molecular weight is 322 g/mol. The zero-order valence-electron chi connectivity index (χ0n) is 12.1.